The van der Waals surface area contributed by atoms with E-state index in [1.54, 1.807) is 11.4 Å². The van der Waals surface area contributed by atoms with Crippen LogP contribution in [0, 0.1) is 0 Å². The van der Waals surface area contributed by atoms with Crippen LogP contribution >= 0.6 is 22.7 Å². The van der Waals surface area contributed by atoms with Crippen LogP contribution in [0.4, 0.5) is 0 Å². The van der Waals surface area contributed by atoms with Crippen molar-refractivity contribution in [3.63, 3.8) is 0 Å². The molecule has 0 bridgehead atoms. The van der Waals surface area contributed by atoms with Crippen LogP contribution in [0.5, 0.6) is 0 Å². The normalized spacial score (nSPS) is 16.7. The minimum Gasteiger partial charge on any atom is -0.379 e. The number of sulfonamides is 1. The van der Waals surface area contributed by atoms with Crippen LogP contribution in [0.2, 0.25) is 0 Å². The van der Waals surface area contributed by atoms with E-state index < -0.39 is 10.0 Å². The van der Waals surface area contributed by atoms with E-state index >= 15 is 0 Å². The Balaban J connectivity index is 1.63. The van der Waals surface area contributed by atoms with E-state index in [9.17, 15) is 13.2 Å². The van der Waals surface area contributed by atoms with Crippen molar-refractivity contribution >= 4 is 48.7 Å². The Morgan fingerprint density at radius 2 is 2.13 bits per heavy atom. The maximum atomic E-state index is 12.2. The van der Waals surface area contributed by atoms with Gasteiger partial charge in [0.25, 0.3) is 5.91 Å². The molecule has 126 valence electrons. The van der Waals surface area contributed by atoms with Gasteiger partial charge in [0.15, 0.2) is 4.21 Å². The van der Waals surface area contributed by atoms with Crippen molar-refractivity contribution in [2.75, 3.05) is 39.4 Å². The number of nitrogens with one attached hydrogen (secondary N) is 1. The third-order valence-electron chi connectivity index (χ3n) is 3.54. The van der Waals surface area contributed by atoms with Gasteiger partial charge in [0.1, 0.15) is 0 Å². The van der Waals surface area contributed by atoms with Gasteiger partial charge in [-0.3, -0.25) is 9.69 Å². The molecule has 1 aliphatic heterocycles. The van der Waals surface area contributed by atoms with Crippen LogP contribution in [0.25, 0.3) is 10.1 Å². The fourth-order valence-electron chi connectivity index (χ4n) is 2.37. The Bertz CT molecular complexity index is 806. The number of rotatable bonds is 5. The summed E-state index contributed by atoms with van der Waals surface area (Å²) in [7, 11) is -3.75. The average molecular weight is 375 g/mol. The summed E-state index contributed by atoms with van der Waals surface area (Å²) in [5, 5.41) is 10.5. The fourth-order valence-corrected chi connectivity index (χ4v) is 5.78. The second kappa shape index (κ2) is 6.83. The standard InChI is InChI=1S/C13H17N3O4S3/c14-23(18,19)13-11-9(8-21-13)7-10(22-11)12(17)15-1-2-16-3-5-20-6-4-16/h7-8H,1-6H2,(H,15,17)(H2,14,18,19). The summed E-state index contributed by atoms with van der Waals surface area (Å²) in [4.78, 5) is 14.9. The Kier molecular flexibility index (Phi) is 4.99. The second-order valence-corrected chi connectivity index (χ2v) is 8.86. The highest BCUT2D eigenvalue weighted by Gasteiger charge is 2.20. The van der Waals surface area contributed by atoms with Gasteiger partial charge in [0.2, 0.25) is 10.0 Å². The number of carbonyl (C=O) groups excluding carboxylic acids is 1. The van der Waals surface area contributed by atoms with Crippen molar-refractivity contribution in [3.05, 3.63) is 16.3 Å². The summed E-state index contributed by atoms with van der Waals surface area (Å²) >= 11 is 2.24. The minimum atomic E-state index is -3.75. The van der Waals surface area contributed by atoms with Crippen LogP contribution in [-0.4, -0.2) is 58.6 Å². The summed E-state index contributed by atoms with van der Waals surface area (Å²) in [5.74, 6) is -0.190. The molecular weight excluding hydrogens is 358 g/mol. The molecule has 3 heterocycles. The van der Waals surface area contributed by atoms with Crippen molar-refractivity contribution in [1.29, 1.82) is 0 Å². The van der Waals surface area contributed by atoms with Crippen molar-refractivity contribution < 1.29 is 17.9 Å². The lowest BCUT2D eigenvalue weighted by Gasteiger charge is -2.26. The van der Waals surface area contributed by atoms with Gasteiger partial charge in [0.05, 0.1) is 22.8 Å². The SMILES string of the molecule is NS(=O)(=O)c1scc2cc(C(=O)NCCN3CCOCC3)sc12. The number of hydrogen-bond acceptors (Lipinski definition) is 7. The van der Waals surface area contributed by atoms with Crippen molar-refractivity contribution in [1.82, 2.24) is 10.2 Å². The highest BCUT2D eigenvalue weighted by Crippen LogP contribution is 2.35. The Morgan fingerprint density at radius 1 is 1.39 bits per heavy atom. The van der Waals surface area contributed by atoms with E-state index in [1.165, 1.54) is 0 Å². The van der Waals surface area contributed by atoms with Crippen molar-refractivity contribution in [2.24, 2.45) is 5.14 Å². The number of ether oxygens (including phenoxy) is 1. The number of primary sulfonamides is 1. The zero-order valence-corrected chi connectivity index (χ0v) is 14.7. The first-order chi connectivity index (χ1) is 10.9. The molecule has 10 heteroatoms. The van der Waals surface area contributed by atoms with E-state index in [0.717, 1.165) is 60.9 Å². The van der Waals surface area contributed by atoms with Crippen LogP contribution in [0.3, 0.4) is 0 Å². The first-order valence-electron chi connectivity index (χ1n) is 7.07. The lowest BCUT2D eigenvalue weighted by Crippen LogP contribution is -2.41. The highest BCUT2D eigenvalue weighted by atomic mass is 32.2. The van der Waals surface area contributed by atoms with E-state index in [-0.39, 0.29) is 10.1 Å². The minimum absolute atomic E-state index is 0.116. The maximum absolute atomic E-state index is 12.2. The van der Waals surface area contributed by atoms with Crippen LogP contribution < -0.4 is 10.5 Å². The molecule has 0 radical (unpaired) electrons. The van der Waals surface area contributed by atoms with E-state index in [0.29, 0.717) is 16.1 Å². The molecule has 0 spiro atoms. The molecule has 2 aromatic heterocycles. The monoisotopic (exact) mass is 375 g/mol. The number of hydrogen-bond donors (Lipinski definition) is 2. The largest absolute Gasteiger partial charge is 0.379 e. The molecule has 1 saturated heterocycles. The number of morpholine rings is 1. The van der Waals surface area contributed by atoms with Gasteiger partial charge in [-0.15, -0.1) is 22.7 Å². The predicted molar refractivity (Wildman–Crippen MR) is 90.7 cm³/mol. The number of thiophene rings is 2. The molecule has 0 aromatic carbocycles. The van der Waals surface area contributed by atoms with Gasteiger partial charge in [-0.2, -0.15) is 0 Å². The summed E-state index contributed by atoms with van der Waals surface area (Å²) in [6, 6.07) is 1.70. The number of carbonyl (C=O) groups is 1. The second-order valence-electron chi connectivity index (χ2n) is 5.17. The molecule has 0 saturated carbocycles. The summed E-state index contributed by atoms with van der Waals surface area (Å²) in [6.45, 7) is 4.53. The van der Waals surface area contributed by atoms with Crippen molar-refractivity contribution in [2.45, 2.75) is 4.21 Å². The molecule has 1 fully saturated rings. The Hall–Kier alpha value is -1.04. The van der Waals surface area contributed by atoms with E-state index in [2.05, 4.69) is 10.2 Å². The van der Waals surface area contributed by atoms with Gasteiger partial charge in [-0.05, 0) is 6.07 Å². The maximum Gasteiger partial charge on any atom is 0.261 e. The van der Waals surface area contributed by atoms with Gasteiger partial charge in [-0.25, -0.2) is 13.6 Å². The Morgan fingerprint density at radius 3 is 2.83 bits per heavy atom. The van der Waals surface area contributed by atoms with E-state index in [4.69, 9.17) is 9.88 Å². The van der Waals surface area contributed by atoms with Crippen LogP contribution in [-0.2, 0) is 14.8 Å². The molecule has 3 rings (SSSR count). The number of nitrogens with two attached hydrogens (primary N) is 1. The van der Waals surface area contributed by atoms with Crippen molar-refractivity contribution in [3.8, 4) is 0 Å². The fraction of sp³-hybridized carbons (Fsp3) is 0.462. The average Bonchev–Trinajstić information content (AvgIpc) is 3.07. The first-order valence-corrected chi connectivity index (χ1v) is 10.3. The lowest BCUT2D eigenvalue weighted by molar-refractivity contribution is 0.0383. The van der Waals surface area contributed by atoms with E-state index in [1.807, 2.05) is 0 Å². The topological polar surface area (TPSA) is 102 Å². The van der Waals surface area contributed by atoms with Crippen LogP contribution in [0.15, 0.2) is 15.7 Å². The molecule has 0 unspecified atom stereocenters. The number of fused-ring (bicyclic) bond motifs is 1. The Labute approximate surface area is 142 Å². The predicted octanol–water partition coefficient (Wildman–Crippen LogP) is 0.672. The quantitative estimate of drug-likeness (QED) is 0.800. The number of nitrogens with zero attached hydrogens (tertiary/aromatic N) is 1. The number of amides is 1. The highest BCUT2D eigenvalue weighted by molar-refractivity contribution is 7.91. The molecule has 1 aliphatic rings. The molecular formula is C13H17N3O4S3. The van der Waals surface area contributed by atoms with Gasteiger partial charge < -0.3 is 10.1 Å². The molecule has 23 heavy (non-hydrogen) atoms. The van der Waals surface area contributed by atoms with Gasteiger partial charge in [-0.1, -0.05) is 0 Å². The summed E-state index contributed by atoms with van der Waals surface area (Å²) < 4.78 is 29.0. The zero-order chi connectivity index (χ0) is 16.4. The molecule has 3 N–H and O–H groups in total. The summed E-state index contributed by atoms with van der Waals surface area (Å²) in [5.41, 5.74) is 0. The summed E-state index contributed by atoms with van der Waals surface area (Å²) in [6.07, 6.45) is 0. The lowest BCUT2D eigenvalue weighted by atomic mass is 10.3. The third kappa shape index (κ3) is 3.90. The molecule has 7 nitrogen and oxygen atoms in total. The zero-order valence-electron chi connectivity index (χ0n) is 12.3. The van der Waals surface area contributed by atoms with Gasteiger partial charge >= 0.3 is 0 Å². The van der Waals surface area contributed by atoms with Crippen LogP contribution in [0.1, 0.15) is 9.67 Å². The first kappa shape index (κ1) is 16.8. The molecule has 2 aromatic rings. The third-order valence-corrected chi connectivity index (χ3v) is 7.46. The molecule has 1 amide bonds. The van der Waals surface area contributed by atoms with Gasteiger partial charge in [0, 0.05) is 36.9 Å². The smallest absolute Gasteiger partial charge is 0.261 e. The molecule has 0 aliphatic carbocycles. The molecule has 0 atom stereocenters.